The molecule has 1 heterocycles. The average Bonchev–Trinajstić information content (AvgIpc) is 1.98. The van der Waals surface area contributed by atoms with Gasteiger partial charge in [-0.2, -0.15) is 22.0 Å². The van der Waals surface area contributed by atoms with E-state index in [1.165, 1.54) is 0 Å². The normalized spacial score (nSPS) is 21.2. The number of hydrogen-bond donors (Lipinski definition) is 0. The summed E-state index contributed by atoms with van der Waals surface area (Å²) in [6, 6.07) is 0. The standard InChI is InChI=1S/C8H11F5O2/c1-6(2-14-3-6)4-15-5-7(9,10)8(11,12)13/h2-5H2,1H3. The van der Waals surface area contributed by atoms with Crippen molar-refractivity contribution in [3.63, 3.8) is 0 Å². The molecular weight excluding hydrogens is 223 g/mol. The number of ether oxygens (including phenoxy) is 2. The Bertz CT molecular complexity index is 222. The molecule has 1 saturated heterocycles. The van der Waals surface area contributed by atoms with E-state index >= 15 is 0 Å². The summed E-state index contributed by atoms with van der Waals surface area (Å²) in [5.41, 5.74) is -0.429. The first-order valence-electron chi connectivity index (χ1n) is 4.26. The molecule has 1 aliphatic rings. The van der Waals surface area contributed by atoms with Gasteiger partial charge in [0.15, 0.2) is 0 Å². The van der Waals surface area contributed by atoms with E-state index in [1.807, 2.05) is 0 Å². The van der Waals surface area contributed by atoms with Crippen LogP contribution in [0.5, 0.6) is 0 Å². The third-order valence-electron chi connectivity index (χ3n) is 2.05. The minimum Gasteiger partial charge on any atom is -0.380 e. The molecule has 0 unspecified atom stereocenters. The number of halogens is 5. The Kier molecular flexibility index (Phi) is 3.25. The van der Waals surface area contributed by atoms with Crippen LogP contribution in [-0.2, 0) is 9.47 Å². The minimum absolute atomic E-state index is 0.154. The van der Waals surface area contributed by atoms with Crippen LogP contribution >= 0.6 is 0 Å². The van der Waals surface area contributed by atoms with E-state index in [0.29, 0.717) is 13.2 Å². The van der Waals surface area contributed by atoms with E-state index < -0.39 is 24.1 Å². The Morgan fingerprint density at radius 3 is 2.07 bits per heavy atom. The maximum Gasteiger partial charge on any atom is 0.455 e. The van der Waals surface area contributed by atoms with Gasteiger partial charge < -0.3 is 9.47 Å². The van der Waals surface area contributed by atoms with Crippen LogP contribution in [0, 0.1) is 5.41 Å². The summed E-state index contributed by atoms with van der Waals surface area (Å²) in [4.78, 5) is 0. The Labute approximate surface area is 83.3 Å². The number of hydrogen-bond acceptors (Lipinski definition) is 2. The first kappa shape index (κ1) is 12.6. The second-order valence-electron chi connectivity index (χ2n) is 4.00. The molecule has 7 heteroatoms. The molecule has 0 N–H and O–H groups in total. The predicted molar refractivity (Wildman–Crippen MR) is 40.7 cm³/mol. The van der Waals surface area contributed by atoms with Crippen LogP contribution in [0.1, 0.15) is 6.92 Å². The van der Waals surface area contributed by atoms with Crippen molar-refractivity contribution >= 4 is 0 Å². The summed E-state index contributed by atoms with van der Waals surface area (Å²) in [7, 11) is 0. The fraction of sp³-hybridized carbons (Fsp3) is 1.00. The maximum atomic E-state index is 12.3. The number of alkyl halides is 5. The molecule has 2 nitrogen and oxygen atoms in total. The van der Waals surface area contributed by atoms with Gasteiger partial charge in [-0.25, -0.2) is 0 Å². The lowest BCUT2D eigenvalue weighted by atomic mass is 9.90. The highest BCUT2D eigenvalue weighted by Gasteiger charge is 2.57. The third kappa shape index (κ3) is 3.01. The SMILES string of the molecule is CC1(COCC(F)(F)C(F)(F)F)COC1. The summed E-state index contributed by atoms with van der Waals surface area (Å²) in [6.45, 7) is 0.558. The van der Waals surface area contributed by atoms with E-state index in [-0.39, 0.29) is 6.61 Å². The molecule has 1 rings (SSSR count). The van der Waals surface area contributed by atoms with Crippen molar-refractivity contribution in [2.24, 2.45) is 5.41 Å². The molecule has 1 aliphatic heterocycles. The number of rotatable bonds is 4. The van der Waals surface area contributed by atoms with Gasteiger partial charge >= 0.3 is 12.1 Å². The molecular formula is C8H11F5O2. The minimum atomic E-state index is -5.55. The quantitative estimate of drug-likeness (QED) is 0.694. The maximum absolute atomic E-state index is 12.3. The largest absolute Gasteiger partial charge is 0.455 e. The Balaban J connectivity index is 2.30. The molecule has 0 spiro atoms. The van der Waals surface area contributed by atoms with Crippen LogP contribution in [0.2, 0.25) is 0 Å². The van der Waals surface area contributed by atoms with Gasteiger partial charge in [-0.3, -0.25) is 0 Å². The Hall–Kier alpha value is -0.430. The van der Waals surface area contributed by atoms with Crippen molar-refractivity contribution < 1.29 is 31.4 Å². The van der Waals surface area contributed by atoms with Crippen molar-refractivity contribution in [2.75, 3.05) is 26.4 Å². The molecule has 0 aromatic carbocycles. The van der Waals surface area contributed by atoms with Crippen LogP contribution in [0.3, 0.4) is 0 Å². The van der Waals surface area contributed by atoms with Gasteiger partial charge in [0.2, 0.25) is 0 Å². The molecule has 1 fully saturated rings. The highest BCUT2D eigenvalue weighted by atomic mass is 19.4. The fourth-order valence-electron chi connectivity index (χ4n) is 1.04. The summed E-state index contributed by atoms with van der Waals surface area (Å²) >= 11 is 0. The average molecular weight is 234 g/mol. The van der Waals surface area contributed by atoms with E-state index in [0.717, 1.165) is 0 Å². The van der Waals surface area contributed by atoms with E-state index in [1.54, 1.807) is 6.92 Å². The van der Waals surface area contributed by atoms with E-state index in [4.69, 9.17) is 4.74 Å². The molecule has 15 heavy (non-hydrogen) atoms. The molecule has 0 amide bonds. The molecule has 0 bridgehead atoms. The summed E-state index contributed by atoms with van der Waals surface area (Å²) < 4.78 is 69.0. The third-order valence-corrected chi connectivity index (χ3v) is 2.05. The van der Waals surface area contributed by atoms with Gasteiger partial charge in [0.05, 0.1) is 19.8 Å². The molecule has 0 saturated carbocycles. The molecule has 0 atom stereocenters. The van der Waals surface area contributed by atoms with Crippen molar-refractivity contribution in [1.29, 1.82) is 0 Å². The van der Waals surface area contributed by atoms with Gasteiger partial charge in [-0.05, 0) is 0 Å². The van der Waals surface area contributed by atoms with Crippen molar-refractivity contribution in [1.82, 2.24) is 0 Å². The zero-order valence-electron chi connectivity index (χ0n) is 8.03. The summed E-state index contributed by atoms with van der Waals surface area (Å²) in [6.07, 6.45) is -5.55. The van der Waals surface area contributed by atoms with Crippen molar-refractivity contribution in [3.05, 3.63) is 0 Å². The second-order valence-corrected chi connectivity index (χ2v) is 4.00. The van der Waals surface area contributed by atoms with Crippen molar-refractivity contribution in [3.8, 4) is 0 Å². The zero-order chi connectivity index (χ0) is 11.7. The van der Waals surface area contributed by atoms with Crippen LogP contribution < -0.4 is 0 Å². The predicted octanol–water partition coefficient (Wildman–Crippen LogP) is 2.24. The van der Waals surface area contributed by atoms with Gasteiger partial charge in [-0.15, -0.1) is 0 Å². The second kappa shape index (κ2) is 3.86. The summed E-state index contributed by atoms with van der Waals surface area (Å²) in [5.74, 6) is -4.78. The highest BCUT2D eigenvalue weighted by molar-refractivity contribution is 4.81. The summed E-state index contributed by atoms with van der Waals surface area (Å²) in [5, 5.41) is 0. The molecule has 0 aromatic heterocycles. The van der Waals surface area contributed by atoms with E-state index in [9.17, 15) is 22.0 Å². The fourth-order valence-corrected chi connectivity index (χ4v) is 1.04. The van der Waals surface area contributed by atoms with Crippen molar-refractivity contribution in [2.45, 2.75) is 19.0 Å². The first-order valence-corrected chi connectivity index (χ1v) is 4.26. The zero-order valence-corrected chi connectivity index (χ0v) is 8.03. The molecule has 0 radical (unpaired) electrons. The lowest BCUT2D eigenvalue weighted by Gasteiger charge is -2.37. The Morgan fingerprint density at radius 2 is 1.73 bits per heavy atom. The van der Waals surface area contributed by atoms with Crippen LogP contribution in [0.15, 0.2) is 0 Å². The molecule has 90 valence electrons. The lowest BCUT2D eigenvalue weighted by Crippen LogP contribution is -2.46. The van der Waals surface area contributed by atoms with Crippen LogP contribution in [0.25, 0.3) is 0 Å². The molecule has 0 aromatic rings. The van der Waals surface area contributed by atoms with Gasteiger partial charge in [0, 0.05) is 5.41 Å². The van der Waals surface area contributed by atoms with Crippen LogP contribution in [-0.4, -0.2) is 38.5 Å². The topological polar surface area (TPSA) is 18.5 Å². The lowest BCUT2D eigenvalue weighted by molar-refractivity contribution is -0.300. The Morgan fingerprint density at radius 1 is 1.20 bits per heavy atom. The van der Waals surface area contributed by atoms with Gasteiger partial charge in [0.25, 0.3) is 0 Å². The smallest absolute Gasteiger partial charge is 0.380 e. The van der Waals surface area contributed by atoms with Gasteiger partial charge in [0.1, 0.15) is 6.61 Å². The molecule has 0 aliphatic carbocycles. The van der Waals surface area contributed by atoms with Gasteiger partial charge in [-0.1, -0.05) is 6.92 Å². The monoisotopic (exact) mass is 234 g/mol. The van der Waals surface area contributed by atoms with Crippen LogP contribution in [0.4, 0.5) is 22.0 Å². The highest BCUT2D eigenvalue weighted by Crippen LogP contribution is 2.36. The first-order chi connectivity index (χ1) is 6.66. The van der Waals surface area contributed by atoms with E-state index in [2.05, 4.69) is 4.74 Å².